The largest absolute Gasteiger partial charge is 0.411 e. The number of thioether (sulfide) groups is 1. The summed E-state index contributed by atoms with van der Waals surface area (Å²) in [5.74, 6) is -0.212. The molecule has 0 saturated heterocycles. The van der Waals surface area contributed by atoms with Crippen molar-refractivity contribution in [1.29, 1.82) is 0 Å². The van der Waals surface area contributed by atoms with Crippen LogP contribution in [0.15, 0.2) is 52.1 Å². The number of anilines is 1. The van der Waals surface area contributed by atoms with Crippen LogP contribution in [0.1, 0.15) is 18.1 Å². The van der Waals surface area contributed by atoms with E-state index < -0.39 is 5.25 Å². The summed E-state index contributed by atoms with van der Waals surface area (Å²) in [6.07, 6.45) is 0. The molecule has 134 valence electrons. The van der Waals surface area contributed by atoms with Gasteiger partial charge in [-0.25, -0.2) is 4.39 Å². The number of amides is 1. The summed E-state index contributed by atoms with van der Waals surface area (Å²) in [6, 6.07) is 12.3. The van der Waals surface area contributed by atoms with E-state index in [1.807, 2.05) is 31.2 Å². The van der Waals surface area contributed by atoms with Crippen LogP contribution in [0.25, 0.3) is 11.5 Å². The highest BCUT2D eigenvalue weighted by molar-refractivity contribution is 8.00. The van der Waals surface area contributed by atoms with Gasteiger partial charge < -0.3 is 9.73 Å². The molecular formula is C19H18FN3O2S. The summed E-state index contributed by atoms with van der Waals surface area (Å²) in [5.41, 5.74) is 2.83. The molecule has 3 rings (SSSR count). The van der Waals surface area contributed by atoms with E-state index in [9.17, 15) is 9.18 Å². The van der Waals surface area contributed by atoms with Crippen LogP contribution in [0.5, 0.6) is 0 Å². The molecule has 3 aromatic rings. The minimum Gasteiger partial charge on any atom is -0.411 e. The molecule has 2 aromatic carbocycles. The zero-order valence-electron chi connectivity index (χ0n) is 14.6. The SMILES string of the molecule is Cc1ccc(NC(=O)C(C)Sc2nnc(-c3ccccc3C)o2)cc1F. The van der Waals surface area contributed by atoms with Crippen molar-refractivity contribution in [3.05, 3.63) is 59.4 Å². The van der Waals surface area contributed by atoms with Gasteiger partial charge in [0.2, 0.25) is 11.8 Å². The van der Waals surface area contributed by atoms with E-state index in [1.165, 1.54) is 6.07 Å². The maximum absolute atomic E-state index is 13.6. The first-order chi connectivity index (χ1) is 12.4. The van der Waals surface area contributed by atoms with Crippen molar-refractivity contribution < 1.29 is 13.6 Å². The summed E-state index contributed by atoms with van der Waals surface area (Å²) >= 11 is 1.15. The highest BCUT2D eigenvalue weighted by Gasteiger charge is 2.19. The third-order valence-electron chi connectivity index (χ3n) is 3.87. The fraction of sp³-hybridized carbons (Fsp3) is 0.211. The van der Waals surface area contributed by atoms with E-state index in [0.29, 0.717) is 22.4 Å². The second kappa shape index (κ2) is 7.70. The lowest BCUT2D eigenvalue weighted by atomic mass is 10.1. The molecule has 26 heavy (non-hydrogen) atoms. The first kappa shape index (κ1) is 18.1. The van der Waals surface area contributed by atoms with Crippen molar-refractivity contribution >= 4 is 23.4 Å². The van der Waals surface area contributed by atoms with Crippen LogP contribution in [0.2, 0.25) is 0 Å². The summed E-state index contributed by atoms with van der Waals surface area (Å²) in [6.45, 7) is 5.35. The average molecular weight is 371 g/mol. The van der Waals surface area contributed by atoms with Crippen molar-refractivity contribution in [3.63, 3.8) is 0 Å². The second-order valence-corrected chi connectivity index (χ2v) is 7.19. The lowest BCUT2D eigenvalue weighted by Crippen LogP contribution is -2.22. The quantitative estimate of drug-likeness (QED) is 0.663. The fourth-order valence-corrected chi connectivity index (χ4v) is 2.98. The molecule has 1 atom stereocenters. The number of nitrogens with zero attached hydrogens (tertiary/aromatic N) is 2. The Kier molecular flexibility index (Phi) is 5.37. The third-order valence-corrected chi connectivity index (χ3v) is 4.80. The second-order valence-electron chi connectivity index (χ2n) is 5.90. The molecule has 0 radical (unpaired) electrons. The Bertz CT molecular complexity index is 942. The number of aryl methyl sites for hydroxylation is 2. The lowest BCUT2D eigenvalue weighted by molar-refractivity contribution is -0.115. The third kappa shape index (κ3) is 4.11. The topological polar surface area (TPSA) is 68.0 Å². The van der Waals surface area contributed by atoms with Crippen molar-refractivity contribution in [1.82, 2.24) is 10.2 Å². The zero-order chi connectivity index (χ0) is 18.7. The number of carbonyl (C=O) groups excluding carboxylic acids is 1. The number of nitrogens with one attached hydrogen (secondary N) is 1. The van der Waals surface area contributed by atoms with E-state index in [-0.39, 0.29) is 11.7 Å². The predicted octanol–water partition coefficient (Wildman–Crippen LogP) is 4.61. The van der Waals surface area contributed by atoms with Gasteiger partial charge in [0, 0.05) is 11.3 Å². The van der Waals surface area contributed by atoms with E-state index in [1.54, 1.807) is 26.0 Å². The van der Waals surface area contributed by atoms with Gasteiger partial charge in [-0.15, -0.1) is 10.2 Å². The molecule has 1 unspecified atom stereocenters. The van der Waals surface area contributed by atoms with Crippen LogP contribution >= 0.6 is 11.8 Å². The van der Waals surface area contributed by atoms with Crippen LogP contribution < -0.4 is 5.32 Å². The maximum atomic E-state index is 13.6. The Labute approximate surface area is 155 Å². The summed E-state index contributed by atoms with van der Waals surface area (Å²) in [4.78, 5) is 12.3. The number of aromatic nitrogens is 2. The Morgan fingerprint density at radius 2 is 1.92 bits per heavy atom. The standard InChI is InChI=1S/C19H18FN3O2S/c1-11-6-4-5-7-15(11)18-22-23-19(25-18)26-13(3)17(24)21-14-9-8-12(2)16(20)10-14/h4-10,13H,1-3H3,(H,21,24). The summed E-state index contributed by atoms with van der Waals surface area (Å²) in [5, 5.41) is 10.6. The fourth-order valence-electron chi connectivity index (χ4n) is 2.30. The minimum atomic E-state index is -0.482. The Hall–Kier alpha value is -2.67. The Balaban J connectivity index is 1.66. The van der Waals surface area contributed by atoms with Crippen LogP contribution in [-0.2, 0) is 4.79 Å². The Morgan fingerprint density at radius 3 is 2.65 bits per heavy atom. The van der Waals surface area contributed by atoms with Gasteiger partial charge in [-0.2, -0.15) is 0 Å². The van der Waals surface area contributed by atoms with Crippen LogP contribution in [-0.4, -0.2) is 21.4 Å². The normalized spacial score (nSPS) is 12.0. The van der Waals surface area contributed by atoms with Crippen molar-refractivity contribution in [3.8, 4) is 11.5 Å². The van der Waals surface area contributed by atoms with E-state index >= 15 is 0 Å². The molecule has 5 nitrogen and oxygen atoms in total. The number of carbonyl (C=O) groups is 1. The molecule has 1 amide bonds. The number of benzene rings is 2. The highest BCUT2D eigenvalue weighted by Crippen LogP contribution is 2.28. The van der Waals surface area contributed by atoms with E-state index in [4.69, 9.17) is 4.42 Å². The molecule has 0 aliphatic carbocycles. The minimum absolute atomic E-state index is 0.270. The number of rotatable bonds is 5. The van der Waals surface area contributed by atoms with E-state index in [2.05, 4.69) is 15.5 Å². The van der Waals surface area contributed by atoms with Gasteiger partial charge in [-0.3, -0.25) is 4.79 Å². The van der Waals surface area contributed by atoms with Gasteiger partial charge in [0.15, 0.2) is 0 Å². The molecule has 0 aliphatic heterocycles. The molecule has 1 heterocycles. The number of hydrogen-bond acceptors (Lipinski definition) is 5. The summed E-state index contributed by atoms with van der Waals surface area (Å²) in [7, 11) is 0. The van der Waals surface area contributed by atoms with Crippen LogP contribution in [0.3, 0.4) is 0 Å². The van der Waals surface area contributed by atoms with Crippen molar-refractivity contribution in [2.75, 3.05) is 5.32 Å². The molecule has 0 fully saturated rings. The van der Waals surface area contributed by atoms with Crippen molar-refractivity contribution in [2.24, 2.45) is 0 Å². The molecule has 7 heteroatoms. The first-order valence-electron chi connectivity index (χ1n) is 8.07. The highest BCUT2D eigenvalue weighted by atomic mass is 32.2. The molecule has 0 saturated carbocycles. The summed E-state index contributed by atoms with van der Waals surface area (Å²) < 4.78 is 19.2. The zero-order valence-corrected chi connectivity index (χ0v) is 15.4. The molecule has 0 aliphatic rings. The smallest absolute Gasteiger partial charge is 0.277 e. The number of halogens is 1. The first-order valence-corrected chi connectivity index (χ1v) is 8.95. The molecule has 0 bridgehead atoms. The average Bonchev–Trinajstić information content (AvgIpc) is 3.06. The van der Waals surface area contributed by atoms with Crippen LogP contribution in [0, 0.1) is 19.7 Å². The van der Waals surface area contributed by atoms with Crippen molar-refractivity contribution in [2.45, 2.75) is 31.2 Å². The van der Waals surface area contributed by atoms with Gasteiger partial charge in [0.25, 0.3) is 5.22 Å². The van der Waals surface area contributed by atoms with Crippen LogP contribution in [0.4, 0.5) is 10.1 Å². The molecular weight excluding hydrogens is 353 g/mol. The molecule has 1 aromatic heterocycles. The van der Waals surface area contributed by atoms with Gasteiger partial charge in [0.05, 0.1) is 5.25 Å². The van der Waals surface area contributed by atoms with Gasteiger partial charge >= 0.3 is 0 Å². The molecule has 0 spiro atoms. The number of hydrogen-bond donors (Lipinski definition) is 1. The predicted molar refractivity (Wildman–Crippen MR) is 99.6 cm³/mol. The molecule has 1 N–H and O–H groups in total. The van der Waals surface area contributed by atoms with Gasteiger partial charge in [-0.1, -0.05) is 36.0 Å². The van der Waals surface area contributed by atoms with Gasteiger partial charge in [-0.05, 0) is 50.1 Å². The van der Waals surface area contributed by atoms with E-state index in [0.717, 1.165) is 22.9 Å². The lowest BCUT2D eigenvalue weighted by Gasteiger charge is -2.10. The maximum Gasteiger partial charge on any atom is 0.277 e. The van der Waals surface area contributed by atoms with Gasteiger partial charge in [0.1, 0.15) is 5.82 Å². The monoisotopic (exact) mass is 371 g/mol. The Morgan fingerprint density at radius 1 is 1.15 bits per heavy atom.